The van der Waals surface area contributed by atoms with Crippen molar-refractivity contribution in [3.8, 4) is 11.8 Å². The first-order valence-electron chi connectivity index (χ1n) is 5.38. The van der Waals surface area contributed by atoms with Crippen LogP contribution in [0.25, 0.3) is 0 Å². The molecule has 1 rings (SSSR count). The molecule has 2 N–H and O–H groups in total. The van der Waals surface area contributed by atoms with Crippen LogP contribution >= 0.6 is 11.6 Å². The first-order valence-corrected chi connectivity index (χ1v) is 7.41. The highest BCUT2D eigenvalue weighted by atomic mass is 35.5. The number of sulfonamides is 1. The minimum absolute atomic E-state index is 0.0341. The molecule has 0 aliphatic carbocycles. The quantitative estimate of drug-likeness (QED) is 0.831. The Morgan fingerprint density at radius 3 is 2.78 bits per heavy atom. The number of hydrogen-bond donors (Lipinski definition) is 2. The highest BCUT2D eigenvalue weighted by Gasteiger charge is 2.11. The van der Waals surface area contributed by atoms with Crippen LogP contribution in [0.3, 0.4) is 0 Å². The van der Waals surface area contributed by atoms with Gasteiger partial charge in [0.05, 0.1) is 11.4 Å². The van der Waals surface area contributed by atoms with Gasteiger partial charge in [-0.2, -0.15) is 0 Å². The highest BCUT2D eigenvalue weighted by molar-refractivity contribution is 7.92. The van der Waals surface area contributed by atoms with Crippen LogP contribution in [0.5, 0.6) is 0 Å². The fourth-order valence-corrected chi connectivity index (χ4v) is 2.65. The van der Waals surface area contributed by atoms with Crippen LogP contribution in [0.4, 0.5) is 5.69 Å². The SMILES string of the molecule is CCCS(=O)(=O)Nc1cc(Cl)ccc1C#CCO. The summed E-state index contributed by atoms with van der Waals surface area (Å²) < 4.78 is 25.8. The number of rotatable bonds is 4. The maximum absolute atomic E-state index is 11.7. The molecule has 0 aliphatic rings. The summed E-state index contributed by atoms with van der Waals surface area (Å²) in [5.41, 5.74) is 0.810. The molecule has 6 heteroatoms. The molecule has 0 fully saturated rings. The number of hydrogen-bond acceptors (Lipinski definition) is 3. The first kappa shape index (κ1) is 14.8. The summed E-state index contributed by atoms with van der Waals surface area (Å²) in [6.07, 6.45) is 0.521. The van der Waals surface area contributed by atoms with E-state index in [2.05, 4.69) is 16.6 Å². The standard InChI is InChI=1S/C12H14ClNO3S/c1-2-8-18(16,17)14-12-9-11(13)6-5-10(12)4-3-7-15/h5-6,9,14-15H,2,7-8H2,1H3. The molecular formula is C12H14ClNO3S. The average molecular weight is 288 g/mol. The topological polar surface area (TPSA) is 66.4 Å². The molecule has 0 unspecified atom stereocenters. The van der Waals surface area contributed by atoms with Crippen molar-refractivity contribution in [3.05, 3.63) is 28.8 Å². The summed E-state index contributed by atoms with van der Waals surface area (Å²) in [6.45, 7) is 1.49. The first-order chi connectivity index (χ1) is 8.48. The van der Waals surface area contributed by atoms with Crippen molar-refractivity contribution in [2.24, 2.45) is 0 Å². The highest BCUT2D eigenvalue weighted by Crippen LogP contribution is 2.21. The van der Waals surface area contributed by atoms with Crippen molar-refractivity contribution in [2.45, 2.75) is 13.3 Å². The normalized spacial score (nSPS) is 10.6. The van der Waals surface area contributed by atoms with E-state index < -0.39 is 10.0 Å². The number of aliphatic hydroxyl groups excluding tert-OH is 1. The number of anilines is 1. The molecule has 1 aromatic carbocycles. The predicted octanol–water partition coefficient (Wildman–Crippen LogP) is 1.84. The van der Waals surface area contributed by atoms with E-state index in [-0.39, 0.29) is 12.4 Å². The van der Waals surface area contributed by atoms with Crippen molar-refractivity contribution in [3.63, 3.8) is 0 Å². The fraction of sp³-hybridized carbons (Fsp3) is 0.333. The molecule has 0 atom stereocenters. The third-order valence-corrected chi connectivity index (χ3v) is 3.73. The zero-order valence-corrected chi connectivity index (χ0v) is 11.5. The van der Waals surface area contributed by atoms with Crippen LogP contribution in [0.1, 0.15) is 18.9 Å². The molecule has 0 bridgehead atoms. The van der Waals surface area contributed by atoms with Gasteiger partial charge in [-0.3, -0.25) is 4.72 Å². The summed E-state index contributed by atoms with van der Waals surface area (Å²) in [6, 6.07) is 4.71. The second-order valence-electron chi connectivity index (χ2n) is 3.57. The van der Waals surface area contributed by atoms with E-state index in [9.17, 15) is 8.42 Å². The van der Waals surface area contributed by atoms with Gasteiger partial charge in [-0.25, -0.2) is 8.42 Å². The van der Waals surface area contributed by atoms with Crippen LogP contribution < -0.4 is 4.72 Å². The minimum Gasteiger partial charge on any atom is -0.384 e. The zero-order chi connectivity index (χ0) is 13.6. The van der Waals surface area contributed by atoms with Gasteiger partial charge in [0, 0.05) is 10.6 Å². The maximum atomic E-state index is 11.7. The van der Waals surface area contributed by atoms with Gasteiger partial charge in [0.1, 0.15) is 6.61 Å². The Morgan fingerprint density at radius 1 is 1.44 bits per heavy atom. The third-order valence-electron chi connectivity index (χ3n) is 2.02. The van der Waals surface area contributed by atoms with E-state index in [0.717, 1.165) is 0 Å². The molecule has 1 aromatic rings. The van der Waals surface area contributed by atoms with E-state index in [1.54, 1.807) is 19.1 Å². The van der Waals surface area contributed by atoms with E-state index >= 15 is 0 Å². The van der Waals surface area contributed by atoms with E-state index in [1.807, 2.05) is 0 Å². The molecule has 18 heavy (non-hydrogen) atoms. The Labute approximate surface area is 112 Å². The average Bonchev–Trinajstić information content (AvgIpc) is 2.27. The van der Waals surface area contributed by atoms with Crippen LogP contribution in [0.15, 0.2) is 18.2 Å². The van der Waals surface area contributed by atoms with Crippen LogP contribution in [-0.2, 0) is 10.0 Å². The van der Waals surface area contributed by atoms with Crippen LogP contribution in [0, 0.1) is 11.8 Å². The Hall–Kier alpha value is -1.22. The lowest BCUT2D eigenvalue weighted by Gasteiger charge is -2.09. The minimum atomic E-state index is -3.39. The van der Waals surface area contributed by atoms with E-state index in [4.69, 9.17) is 16.7 Å². The monoisotopic (exact) mass is 287 g/mol. The summed E-state index contributed by atoms with van der Waals surface area (Å²) in [7, 11) is -3.39. The van der Waals surface area contributed by atoms with Crippen molar-refractivity contribution in [2.75, 3.05) is 17.1 Å². The summed E-state index contributed by atoms with van der Waals surface area (Å²) in [5.74, 6) is 5.17. The van der Waals surface area contributed by atoms with Gasteiger partial charge >= 0.3 is 0 Å². The summed E-state index contributed by atoms with van der Waals surface area (Å²) >= 11 is 5.82. The van der Waals surface area contributed by atoms with Gasteiger partial charge in [-0.1, -0.05) is 30.4 Å². The maximum Gasteiger partial charge on any atom is 0.232 e. The summed E-state index contributed by atoms with van der Waals surface area (Å²) in [5, 5.41) is 9.07. The van der Waals surface area contributed by atoms with Crippen molar-refractivity contribution < 1.29 is 13.5 Å². The Bertz CT molecular complexity index is 573. The second kappa shape index (κ2) is 6.64. The third kappa shape index (κ3) is 4.57. The van der Waals surface area contributed by atoms with E-state index in [0.29, 0.717) is 22.7 Å². The van der Waals surface area contributed by atoms with Crippen LogP contribution in [-0.4, -0.2) is 25.9 Å². The van der Waals surface area contributed by atoms with Gasteiger partial charge in [0.15, 0.2) is 0 Å². The molecule has 0 aromatic heterocycles. The number of benzene rings is 1. The number of aliphatic hydroxyl groups is 1. The Morgan fingerprint density at radius 2 is 2.17 bits per heavy atom. The fourth-order valence-electron chi connectivity index (χ4n) is 1.33. The van der Waals surface area contributed by atoms with Crippen molar-refractivity contribution >= 4 is 27.3 Å². The van der Waals surface area contributed by atoms with Gasteiger partial charge in [-0.15, -0.1) is 0 Å². The Balaban J connectivity index is 3.10. The molecule has 0 aliphatic heterocycles. The molecule has 4 nitrogen and oxygen atoms in total. The largest absolute Gasteiger partial charge is 0.384 e. The smallest absolute Gasteiger partial charge is 0.232 e. The second-order valence-corrected chi connectivity index (χ2v) is 5.85. The van der Waals surface area contributed by atoms with Crippen LogP contribution in [0.2, 0.25) is 5.02 Å². The Kier molecular flexibility index (Phi) is 5.48. The zero-order valence-electron chi connectivity index (χ0n) is 9.90. The molecule has 0 heterocycles. The number of nitrogens with one attached hydrogen (secondary N) is 1. The lowest BCUT2D eigenvalue weighted by molar-refractivity contribution is 0.350. The lowest BCUT2D eigenvalue weighted by Crippen LogP contribution is -2.16. The number of halogens is 1. The van der Waals surface area contributed by atoms with Gasteiger partial charge in [0.2, 0.25) is 10.0 Å². The molecule has 0 spiro atoms. The molecule has 0 saturated carbocycles. The molecule has 0 saturated heterocycles. The van der Waals surface area contributed by atoms with Crippen molar-refractivity contribution in [1.82, 2.24) is 0 Å². The molecule has 0 radical (unpaired) electrons. The summed E-state index contributed by atoms with van der Waals surface area (Å²) in [4.78, 5) is 0. The van der Waals surface area contributed by atoms with Crippen molar-refractivity contribution in [1.29, 1.82) is 0 Å². The molecular weight excluding hydrogens is 274 g/mol. The predicted molar refractivity (Wildman–Crippen MR) is 73.1 cm³/mol. The molecule has 98 valence electrons. The van der Waals surface area contributed by atoms with E-state index in [1.165, 1.54) is 6.07 Å². The molecule has 0 amide bonds. The van der Waals surface area contributed by atoms with Gasteiger partial charge in [-0.05, 0) is 24.6 Å². The van der Waals surface area contributed by atoms with Gasteiger partial charge < -0.3 is 5.11 Å². The lowest BCUT2D eigenvalue weighted by atomic mass is 10.2. The van der Waals surface area contributed by atoms with Gasteiger partial charge in [0.25, 0.3) is 0 Å².